The lowest BCUT2D eigenvalue weighted by molar-refractivity contribution is 0.0246. The van der Waals surface area contributed by atoms with Crippen molar-refractivity contribution in [2.75, 3.05) is 6.54 Å². The fraction of sp³-hybridized carbons (Fsp3) is 0.600. The van der Waals surface area contributed by atoms with Crippen molar-refractivity contribution in [2.24, 2.45) is 0 Å². The van der Waals surface area contributed by atoms with Gasteiger partial charge in [0.1, 0.15) is 0 Å². The number of nitrogens with zero attached hydrogens (tertiary/aromatic N) is 1. The number of aromatic nitrogens is 1. The Bertz CT molecular complexity index is 420. The van der Waals surface area contributed by atoms with Gasteiger partial charge in [-0.1, -0.05) is 25.7 Å². The Labute approximate surface area is 114 Å². The van der Waals surface area contributed by atoms with Crippen LogP contribution in [0.4, 0.5) is 0 Å². The van der Waals surface area contributed by atoms with Crippen molar-refractivity contribution in [3.63, 3.8) is 0 Å². The van der Waals surface area contributed by atoms with Crippen LogP contribution in [0.1, 0.15) is 54.6 Å². The summed E-state index contributed by atoms with van der Waals surface area (Å²) >= 11 is 0. The van der Waals surface area contributed by atoms with E-state index in [1.54, 1.807) is 12.3 Å². The number of hydrogen-bond donors (Lipinski definition) is 2. The Balaban J connectivity index is 1.90. The van der Waals surface area contributed by atoms with E-state index in [0.717, 1.165) is 31.4 Å². The Hall–Kier alpha value is -1.42. The lowest BCUT2D eigenvalue weighted by Gasteiger charge is -2.26. The van der Waals surface area contributed by atoms with Gasteiger partial charge in [-0.25, -0.2) is 0 Å². The number of carbonyl (C=O) groups excluding carboxylic acids is 1. The first-order valence-corrected chi connectivity index (χ1v) is 7.02. The first kappa shape index (κ1) is 14.0. The van der Waals surface area contributed by atoms with Gasteiger partial charge in [0.2, 0.25) is 0 Å². The summed E-state index contributed by atoms with van der Waals surface area (Å²) in [5.74, 6) is -0.162. The van der Waals surface area contributed by atoms with Crippen LogP contribution in [-0.2, 0) is 0 Å². The number of pyridine rings is 1. The number of aliphatic hydroxyl groups is 1. The van der Waals surface area contributed by atoms with Gasteiger partial charge in [0.05, 0.1) is 11.2 Å². The van der Waals surface area contributed by atoms with Crippen LogP contribution in [0.3, 0.4) is 0 Å². The molecule has 1 aromatic rings. The molecule has 2 N–H and O–H groups in total. The molecule has 0 spiro atoms. The minimum absolute atomic E-state index is 0.162. The zero-order chi connectivity index (χ0) is 13.7. The molecule has 1 aliphatic rings. The highest BCUT2D eigenvalue weighted by Gasteiger charge is 2.28. The van der Waals surface area contributed by atoms with E-state index in [9.17, 15) is 9.90 Å². The average molecular weight is 262 g/mol. The summed E-state index contributed by atoms with van der Waals surface area (Å²) in [6.45, 7) is 2.22. The lowest BCUT2D eigenvalue weighted by atomic mass is 9.94. The van der Waals surface area contributed by atoms with Crippen LogP contribution in [0, 0.1) is 6.92 Å². The maximum atomic E-state index is 12.0. The lowest BCUT2D eigenvalue weighted by Crippen LogP contribution is -2.42. The number of carbonyl (C=O) groups is 1. The van der Waals surface area contributed by atoms with Crippen LogP contribution in [0.5, 0.6) is 0 Å². The zero-order valence-corrected chi connectivity index (χ0v) is 11.5. The van der Waals surface area contributed by atoms with Crippen LogP contribution >= 0.6 is 0 Å². The summed E-state index contributed by atoms with van der Waals surface area (Å²) in [6.07, 6.45) is 7.56. The Morgan fingerprint density at radius 1 is 1.32 bits per heavy atom. The predicted molar refractivity (Wildman–Crippen MR) is 74.0 cm³/mol. The molecular formula is C15H22N2O2. The number of aryl methyl sites for hydroxylation is 1. The number of rotatable bonds is 3. The van der Waals surface area contributed by atoms with E-state index in [1.165, 1.54) is 12.8 Å². The third-order valence-corrected chi connectivity index (χ3v) is 3.79. The van der Waals surface area contributed by atoms with Gasteiger partial charge in [-0.05, 0) is 31.9 Å². The summed E-state index contributed by atoms with van der Waals surface area (Å²) in [5, 5.41) is 13.3. The Morgan fingerprint density at radius 2 is 2.00 bits per heavy atom. The van der Waals surface area contributed by atoms with Crippen molar-refractivity contribution in [1.82, 2.24) is 10.3 Å². The average Bonchev–Trinajstić information content (AvgIpc) is 2.62. The summed E-state index contributed by atoms with van der Waals surface area (Å²) in [5.41, 5.74) is 0.700. The van der Waals surface area contributed by atoms with E-state index in [1.807, 2.05) is 13.0 Å². The van der Waals surface area contributed by atoms with Gasteiger partial charge in [0, 0.05) is 18.4 Å². The third kappa shape index (κ3) is 4.03. The number of hydrogen-bond acceptors (Lipinski definition) is 3. The number of amides is 1. The molecule has 1 heterocycles. The van der Waals surface area contributed by atoms with E-state index in [-0.39, 0.29) is 5.91 Å². The van der Waals surface area contributed by atoms with Gasteiger partial charge in [-0.15, -0.1) is 0 Å². The topological polar surface area (TPSA) is 62.2 Å². The van der Waals surface area contributed by atoms with Crippen LogP contribution < -0.4 is 5.32 Å². The van der Waals surface area contributed by atoms with Gasteiger partial charge in [-0.2, -0.15) is 0 Å². The van der Waals surface area contributed by atoms with Crippen molar-refractivity contribution in [3.05, 3.63) is 29.6 Å². The monoisotopic (exact) mass is 262 g/mol. The van der Waals surface area contributed by atoms with Crippen LogP contribution in [0.15, 0.2) is 18.3 Å². The van der Waals surface area contributed by atoms with Crippen LogP contribution in [0.2, 0.25) is 0 Å². The second-order valence-electron chi connectivity index (χ2n) is 5.51. The molecule has 1 aromatic heterocycles. The van der Waals surface area contributed by atoms with Gasteiger partial charge >= 0.3 is 0 Å². The van der Waals surface area contributed by atoms with Crippen molar-refractivity contribution in [2.45, 2.75) is 51.0 Å². The SMILES string of the molecule is Cc1ccc(C(=O)NCC2(O)CCCCCC2)cn1. The molecule has 0 aliphatic heterocycles. The van der Waals surface area contributed by atoms with E-state index in [2.05, 4.69) is 10.3 Å². The summed E-state index contributed by atoms with van der Waals surface area (Å²) in [7, 11) is 0. The summed E-state index contributed by atoms with van der Waals surface area (Å²) in [6, 6.07) is 3.57. The Morgan fingerprint density at radius 3 is 2.58 bits per heavy atom. The molecule has 2 rings (SSSR count). The molecule has 4 nitrogen and oxygen atoms in total. The second kappa shape index (κ2) is 6.15. The highest BCUT2D eigenvalue weighted by Crippen LogP contribution is 2.26. The first-order valence-electron chi connectivity index (χ1n) is 7.02. The van der Waals surface area contributed by atoms with Gasteiger partial charge in [0.15, 0.2) is 0 Å². The van der Waals surface area contributed by atoms with Crippen molar-refractivity contribution in [3.8, 4) is 0 Å². The minimum atomic E-state index is -0.732. The zero-order valence-electron chi connectivity index (χ0n) is 11.5. The van der Waals surface area contributed by atoms with Crippen LogP contribution in [0.25, 0.3) is 0 Å². The fourth-order valence-electron chi connectivity index (χ4n) is 2.51. The van der Waals surface area contributed by atoms with E-state index in [4.69, 9.17) is 0 Å². The second-order valence-corrected chi connectivity index (χ2v) is 5.51. The molecule has 0 radical (unpaired) electrons. The van der Waals surface area contributed by atoms with E-state index in [0.29, 0.717) is 12.1 Å². The maximum Gasteiger partial charge on any atom is 0.252 e. The molecule has 1 amide bonds. The minimum Gasteiger partial charge on any atom is -0.388 e. The van der Waals surface area contributed by atoms with Gasteiger partial charge in [-0.3, -0.25) is 9.78 Å². The predicted octanol–water partition coefficient (Wildman–Crippen LogP) is 2.21. The molecule has 0 unspecified atom stereocenters. The normalized spacial score (nSPS) is 18.6. The Kier molecular flexibility index (Phi) is 4.53. The highest BCUT2D eigenvalue weighted by molar-refractivity contribution is 5.93. The number of nitrogens with one attached hydrogen (secondary N) is 1. The van der Waals surface area contributed by atoms with Crippen LogP contribution in [-0.4, -0.2) is 28.1 Å². The molecule has 4 heteroatoms. The molecule has 0 bridgehead atoms. The molecule has 19 heavy (non-hydrogen) atoms. The standard InChI is InChI=1S/C15H22N2O2/c1-12-6-7-13(10-16-12)14(18)17-11-15(19)8-4-2-3-5-9-15/h6-7,10,19H,2-5,8-9,11H2,1H3,(H,17,18). The molecule has 0 saturated heterocycles. The third-order valence-electron chi connectivity index (χ3n) is 3.79. The fourth-order valence-corrected chi connectivity index (χ4v) is 2.51. The smallest absolute Gasteiger partial charge is 0.252 e. The van der Waals surface area contributed by atoms with E-state index < -0.39 is 5.60 Å². The molecule has 0 atom stereocenters. The molecule has 1 saturated carbocycles. The molecule has 0 aromatic carbocycles. The first-order chi connectivity index (χ1) is 9.09. The molecule has 1 aliphatic carbocycles. The van der Waals surface area contributed by atoms with Gasteiger partial charge in [0.25, 0.3) is 5.91 Å². The molecule has 1 fully saturated rings. The highest BCUT2D eigenvalue weighted by atomic mass is 16.3. The summed E-state index contributed by atoms with van der Waals surface area (Å²) < 4.78 is 0. The quantitative estimate of drug-likeness (QED) is 0.821. The molecular weight excluding hydrogens is 240 g/mol. The summed E-state index contributed by atoms with van der Waals surface area (Å²) in [4.78, 5) is 16.1. The van der Waals surface area contributed by atoms with Crippen molar-refractivity contribution < 1.29 is 9.90 Å². The molecule has 104 valence electrons. The van der Waals surface area contributed by atoms with Gasteiger partial charge < -0.3 is 10.4 Å². The maximum absolute atomic E-state index is 12.0. The van der Waals surface area contributed by atoms with E-state index >= 15 is 0 Å². The largest absolute Gasteiger partial charge is 0.388 e. The van der Waals surface area contributed by atoms with Crippen molar-refractivity contribution in [1.29, 1.82) is 0 Å². The van der Waals surface area contributed by atoms with Crippen molar-refractivity contribution >= 4 is 5.91 Å².